The normalized spacial score (nSPS) is 15.6. The number of ether oxygens (including phenoxy) is 1. The van der Waals surface area contributed by atoms with Crippen molar-refractivity contribution in [2.24, 2.45) is 5.73 Å². The van der Waals surface area contributed by atoms with Gasteiger partial charge in [-0.25, -0.2) is 0 Å². The molecule has 0 aromatic heterocycles. The Balaban J connectivity index is 2.71. The molecule has 0 aliphatic carbocycles. The van der Waals surface area contributed by atoms with Gasteiger partial charge in [0.05, 0.1) is 6.04 Å². The molecule has 2 atom stereocenters. The molecule has 3 N–H and O–H groups in total. The van der Waals surface area contributed by atoms with Crippen molar-refractivity contribution in [2.75, 3.05) is 7.11 Å². The lowest BCUT2D eigenvalue weighted by Crippen LogP contribution is -2.27. The van der Waals surface area contributed by atoms with E-state index < -0.39 is 12.3 Å². The van der Waals surface area contributed by atoms with Crippen molar-refractivity contribution in [1.82, 2.24) is 0 Å². The molecular weight excluding hydrogens is 154 g/mol. The van der Waals surface area contributed by atoms with Crippen molar-refractivity contribution in [3.05, 3.63) is 35.9 Å². The number of methoxy groups -OCH3 is 1. The smallest absolute Gasteiger partial charge is 0.173 e. The fourth-order valence-electron chi connectivity index (χ4n) is 0.987. The van der Waals surface area contributed by atoms with Gasteiger partial charge in [0.15, 0.2) is 6.29 Å². The molecule has 0 saturated carbocycles. The number of benzene rings is 1. The van der Waals surface area contributed by atoms with Crippen molar-refractivity contribution >= 4 is 0 Å². The summed E-state index contributed by atoms with van der Waals surface area (Å²) >= 11 is 0. The Kier molecular flexibility index (Phi) is 3.22. The molecule has 0 saturated heterocycles. The van der Waals surface area contributed by atoms with E-state index in [2.05, 4.69) is 0 Å². The Morgan fingerprint density at radius 3 is 2.42 bits per heavy atom. The summed E-state index contributed by atoms with van der Waals surface area (Å²) in [6.07, 6.45) is -0.938. The number of nitrogens with two attached hydrogens (primary N) is 1. The van der Waals surface area contributed by atoms with Crippen molar-refractivity contribution in [2.45, 2.75) is 12.3 Å². The van der Waals surface area contributed by atoms with Gasteiger partial charge in [0.2, 0.25) is 0 Å². The van der Waals surface area contributed by atoms with E-state index in [1.807, 2.05) is 30.3 Å². The van der Waals surface area contributed by atoms with Crippen LogP contribution in [0, 0.1) is 0 Å². The summed E-state index contributed by atoms with van der Waals surface area (Å²) in [4.78, 5) is 0. The zero-order chi connectivity index (χ0) is 8.97. The lowest BCUT2D eigenvalue weighted by atomic mass is 10.1. The van der Waals surface area contributed by atoms with E-state index in [0.717, 1.165) is 5.56 Å². The molecule has 0 spiro atoms. The van der Waals surface area contributed by atoms with E-state index >= 15 is 0 Å². The second-order valence-electron chi connectivity index (χ2n) is 2.56. The minimum Gasteiger partial charge on any atom is -0.366 e. The van der Waals surface area contributed by atoms with Gasteiger partial charge in [-0.15, -0.1) is 0 Å². The highest BCUT2D eigenvalue weighted by Gasteiger charge is 2.14. The molecule has 0 heterocycles. The number of aliphatic hydroxyl groups is 1. The van der Waals surface area contributed by atoms with Crippen LogP contribution in [-0.2, 0) is 4.74 Å². The predicted octanol–water partition coefficient (Wildman–Crippen LogP) is 0.651. The van der Waals surface area contributed by atoms with Crippen LogP contribution in [0.3, 0.4) is 0 Å². The first kappa shape index (κ1) is 9.19. The average molecular weight is 167 g/mol. The molecule has 0 aliphatic rings. The standard InChI is InChI=1S/C9H13NO2/c1-12-9(11)8(10)7-5-3-2-4-6-7/h2-6,8-9,11H,10H2,1H3. The van der Waals surface area contributed by atoms with Gasteiger partial charge in [0.1, 0.15) is 0 Å². The predicted molar refractivity (Wildman–Crippen MR) is 46.4 cm³/mol. The van der Waals surface area contributed by atoms with Gasteiger partial charge in [-0.05, 0) is 5.56 Å². The Morgan fingerprint density at radius 1 is 1.33 bits per heavy atom. The molecule has 66 valence electrons. The first-order valence-corrected chi connectivity index (χ1v) is 3.77. The molecule has 0 fully saturated rings. The third-order valence-corrected chi connectivity index (χ3v) is 1.73. The van der Waals surface area contributed by atoms with E-state index in [1.165, 1.54) is 7.11 Å². The van der Waals surface area contributed by atoms with Crippen LogP contribution in [0.5, 0.6) is 0 Å². The van der Waals surface area contributed by atoms with Crippen LogP contribution in [0.25, 0.3) is 0 Å². The third kappa shape index (κ3) is 2.04. The summed E-state index contributed by atoms with van der Waals surface area (Å²) in [5, 5.41) is 9.23. The summed E-state index contributed by atoms with van der Waals surface area (Å²) in [5.41, 5.74) is 6.54. The summed E-state index contributed by atoms with van der Waals surface area (Å²) in [6.45, 7) is 0. The lowest BCUT2D eigenvalue weighted by Gasteiger charge is -2.16. The minimum absolute atomic E-state index is 0.476. The van der Waals surface area contributed by atoms with Crippen molar-refractivity contribution in [3.63, 3.8) is 0 Å². The monoisotopic (exact) mass is 167 g/mol. The van der Waals surface area contributed by atoms with Crippen LogP contribution in [0.1, 0.15) is 11.6 Å². The SMILES string of the molecule is COC(O)C(N)c1ccccc1. The first-order chi connectivity index (χ1) is 5.75. The van der Waals surface area contributed by atoms with Crippen LogP contribution in [-0.4, -0.2) is 18.5 Å². The molecule has 3 heteroatoms. The summed E-state index contributed by atoms with van der Waals surface area (Å²) < 4.78 is 4.70. The minimum atomic E-state index is -0.938. The molecule has 3 nitrogen and oxygen atoms in total. The number of aliphatic hydroxyl groups excluding tert-OH is 1. The van der Waals surface area contributed by atoms with Gasteiger partial charge in [0, 0.05) is 7.11 Å². The van der Waals surface area contributed by atoms with Crippen LogP contribution >= 0.6 is 0 Å². The summed E-state index contributed by atoms with van der Waals surface area (Å²) in [7, 11) is 1.42. The first-order valence-electron chi connectivity index (χ1n) is 3.77. The number of hydrogen-bond donors (Lipinski definition) is 2. The van der Waals surface area contributed by atoms with Gasteiger partial charge in [-0.2, -0.15) is 0 Å². The van der Waals surface area contributed by atoms with Gasteiger partial charge < -0.3 is 15.6 Å². The van der Waals surface area contributed by atoms with Crippen molar-refractivity contribution in [1.29, 1.82) is 0 Å². The molecule has 0 aliphatic heterocycles. The average Bonchev–Trinajstić information content (AvgIpc) is 2.17. The van der Waals surface area contributed by atoms with Gasteiger partial charge >= 0.3 is 0 Å². The Morgan fingerprint density at radius 2 is 1.92 bits per heavy atom. The molecule has 0 amide bonds. The van der Waals surface area contributed by atoms with E-state index in [-0.39, 0.29) is 0 Å². The van der Waals surface area contributed by atoms with E-state index in [0.29, 0.717) is 0 Å². The van der Waals surface area contributed by atoms with Crippen LogP contribution in [0.15, 0.2) is 30.3 Å². The van der Waals surface area contributed by atoms with Crippen LogP contribution < -0.4 is 5.73 Å². The molecule has 12 heavy (non-hydrogen) atoms. The topological polar surface area (TPSA) is 55.5 Å². The Bertz CT molecular complexity index is 225. The molecule has 1 aromatic rings. The largest absolute Gasteiger partial charge is 0.366 e. The quantitative estimate of drug-likeness (QED) is 0.650. The maximum absolute atomic E-state index is 9.23. The Labute approximate surface area is 71.8 Å². The van der Waals surface area contributed by atoms with E-state index in [1.54, 1.807) is 0 Å². The lowest BCUT2D eigenvalue weighted by molar-refractivity contribution is -0.0903. The fraction of sp³-hybridized carbons (Fsp3) is 0.333. The van der Waals surface area contributed by atoms with E-state index in [9.17, 15) is 5.11 Å². The fourth-order valence-corrected chi connectivity index (χ4v) is 0.987. The maximum atomic E-state index is 9.23. The van der Waals surface area contributed by atoms with Crippen molar-refractivity contribution in [3.8, 4) is 0 Å². The van der Waals surface area contributed by atoms with E-state index in [4.69, 9.17) is 10.5 Å². The zero-order valence-electron chi connectivity index (χ0n) is 6.97. The van der Waals surface area contributed by atoms with Gasteiger partial charge in [-0.3, -0.25) is 0 Å². The zero-order valence-corrected chi connectivity index (χ0v) is 6.97. The summed E-state index contributed by atoms with van der Waals surface area (Å²) in [6, 6.07) is 8.88. The number of hydrogen-bond acceptors (Lipinski definition) is 3. The Hall–Kier alpha value is -0.900. The summed E-state index contributed by atoms with van der Waals surface area (Å²) in [5.74, 6) is 0. The molecule has 0 radical (unpaired) electrons. The third-order valence-electron chi connectivity index (χ3n) is 1.73. The highest BCUT2D eigenvalue weighted by atomic mass is 16.6. The van der Waals surface area contributed by atoms with Crippen molar-refractivity contribution < 1.29 is 9.84 Å². The molecule has 2 unspecified atom stereocenters. The highest BCUT2D eigenvalue weighted by molar-refractivity contribution is 5.18. The highest BCUT2D eigenvalue weighted by Crippen LogP contribution is 2.13. The van der Waals surface area contributed by atoms with Crippen LogP contribution in [0.4, 0.5) is 0 Å². The van der Waals surface area contributed by atoms with Crippen LogP contribution in [0.2, 0.25) is 0 Å². The molecule has 0 bridgehead atoms. The second kappa shape index (κ2) is 4.21. The molecule has 1 aromatic carbocycles. The van der Waals surface area contributed by atoms with Gasteiger partial charge in [-0.1, -0.05) is 30.3 Å². The second-order valence-corrected chi connectivity index (χ2v) is 2.56. The molecule has 1 rings (SSSR count). The van der Waals surface area contributed by atoms with Gasteiger partial charge in [0.25, 0.3) is 0 Å². The maximum Gasteiger partial charge on any atom is 0.173 e. The molecular formula is C9H13NO2. The number of rotatable bonds is 3.